The fourth-order valence-electron chi connectivity index (χ4n) is 6.24. The maximum atomic E-state index is 12.0. The van der Waals surface area contributed by atoms with E-state index in [-0.39, 0.29) is 11.3 Å². The van der Waals surface area contributed by atoms with Crippen LogP contribution in [0.25, 0.3) is 10.9 Å². The number of aromatic hydroxyl groups is 1. The molecule has 0 saturated heterocycles. The Balaban J connectivity index is 0.954. The summed E-state index contributed by atoms with van der Waals surface area (Å²) >= 11 is 0. The Morgan fingerprint density at radius 1 is 0.936 bits per heavy atom. The molecule has 2 heterocycles. The lowest BCUT2D eigenvalue weighted by molar-refractivity contribution is 0.0838. The number of aliphatic hydroxyl groups is 1. The van der Waals surface area contributed by atoms with E-state index in [1.54, 1.807) is 18.3 Å². The summed E-state index contributed by atoms with van der Waals surface area (Å²) in [5.41, 5.74) is 1.56. The molecule has 2 aromatic carbocycles. The molecule has 4 aromatic rings. The molecule has 47 heavy (non-hydrogen) atoms. The van der Waals surface area contributed by atoms with Crippen LogP contribution in [0.3, 0.4) is 0 Å². The van der Waals surface area contributed by atoms with Gasteiger partial charge in [0.25, 0.3) is 0 Å². The van der Waals surface area contributed by atoms with Crippen molar-refractivity contribution in [3.05, 3.63) is 130 Å². The third-order valence-corrected chi connectivity index (χ3v) is 8.87. The van der Waals surface area contributed by atoms with Gasteiger partial charge in [-0.15, -0.1) is 0 Å². The molecule has 8 nitrogen and oxygen atoms in total. The number of rotatable bonds is 18. The zero-order chi connectivity index (χ0) is 32.9. The molecule has 0 saturated carbocycles. The number of fused-ring (bicyclic) bond motifs is 1. The van der Waals surface area contributed by atoms with E-state index in [0.717, 1.165) is 66.7 Å². The van der Waals surface area contributed by atoms with Crippen molar-refractivity contribution in [2.24, 2.45) is 0 Å². The van der Waals surface area contributed by atoms with Gasteiger partial charge in [-0.3, -0.25) is 9.69 Å². The summed E-state index contributed by atoms with van der Waals surface area (Å²) in [7, 11) is 2.10. The van der Waals surface area contributed by atoms with Crippen LogP contribution in [0.15, 0.2) is 106 Å². The molecule has 0 spiro atoms. The number of allylic oxidation sites excluding steroid dienone is 5. The van der Waals surface area contributed by atoms with Crippen LogP contribution in [0, 0.1) is 0 Å². The lowest BCUT2D eigenvalue weighted by Gasteiger charge is -2.28. The van der Waals surface area contributed by atoms with Crippen LogP contribution in [-0.2, 0) is 18.6 Å². The van der Waals surface area contributed by atoms with Crippen molar-refractivity contribution in [1.82, 2.24) is 20.2 Å². The van der Waals surface area contributed by atoms with Gasteiger partial charge < -0.3 is 24.9 Å². The number of oxazole rings is 1. The molecule has 8 heteroatoms. The van der Waals surface area contributed by atoms with Crippen LogP contribution < -0.4 is 10.9 Å². The van der Waals surface area contributed by atoms with Crippen molar-refractivity contribution >= 4 is 10.9 Å². The molecule has 2 aromatic heterocycles. The third kappa shape index (κ3) is 9.19. The molecule has 0 amide bonds. The molecular formula is C39H48N4O4. The highest BCUT2D eigenvalue weighted by Crippen LogP contribution is 2.39. The summed E-state index contributed by atoms with van der Waals surface area (Å²) in [4.78, 5) is 21.2. The van der Waals surface area contributed by atoms with E-state index in [9.17, 15) is 15.0 Å². The van der Waals surface area contributed by atoms with Crippen molar-refractivity contribution in [2.75, 3.05) is 26.7 Å². The largest absolute Gasteiger partial charge is 0.506 e. The molecule has 248 valence electrons. The molecule has 0 radical (unpaired) electrons. The van der Waals surface area contributed by atoms with E-state index in [2.05, 4.69) is 27.2 Å². The molecule has 1 aliphatic carbocycles. The molecular weight excluding hydrogens is 588 g/mol. The van der Waals surface area contributed by atoms with Crippen LogP contribution >= 0.6 is 0 Å². The van der Waals surface area contributed by atoms with Gasteiger partial charge in [0.05, 0.1) is 18.3 Å². The van der Waals surface area contributed by atoms with Crippen molar-refractivity contribution in [3.8, 4) is 5.75 Å². The number of H-pyrrole nitrogens is 1. The molecule has 1 aliphatic rings. The van der Waals surface area contributed by atoms with Crippen LogP contribution in [0.1, 0.15) is 74.1 Å². The highest BCUT2D eigenvalue weighted by Gasteiger charge is 2.40. The minimum atomic E-state index is -1.43. The number of phenolic OH excluding ortho intramolecular Hbond substituents is 1. The minimum absolute atomic E-state index is 0.107. The standard InChI is InChI=1S/C39H48N4O4/c1-43(29-33-28-41-38(47-33)39(46,32-18-12-9-13-19-32)31-16-10-5-6-11-17-31)27-15-8-4-2-3-7-14-25-40-26-24-30-20-22-35(44)37-34(30)21-23-36(45)42-37/h5-6,9-13,16,18-23,28,40,44,46H,2-4,7-8,14-15,17,24-27,29H2,1H3,(H,42,45). The predicted octanol–water partition coefficient (Wildman–Crippen LogP) is 6.89. The van der Waals surface area contributed by atoms with Gasteiger partial charge in [-0.05, 0) is 81.2 Å². The van der Waals surface area contributed by atoms with Gasteiger partial charge >= 0.3 is 0 Å². The van der Waals surface area contributed by atoms with Crippen LogP contribution in [-0.4, -0.2) is 51.8 Å². The zero-order valence-electron chi connectivity index (χ0n) is 27.5. The number of pyridine rings is 1. The van der Waals surface area contributed by atoms with E-state index >= 15 is 0 Å². The normalized spacial score (nSPS) is 14.4. The zero-order valence-corrected chi connectivity index (χ0v) is 27.5. The smallest absolute Gasteiger partial charge is 0.248 e. The van der Waals surface area contributed by atoms with Gasteiger partial charge in [-0.1, -0.05) is 98.9 Å². The maximum Gasteiger partial charge on any atom is 0.248 e. The molecule has 0 aliphatic heterocycles. The number of nitrogens with zero attached hydrogens (tertiary/aromatic N) is 2. The fraction of sp³-hybridized carbons (Fsp3) is 0.385. The van der Waals surface area contributed by atoms with Gasteiger partial charge in [0.15, 0.2) is 5.60 Å². The highest BCUT2D eigenvalue weighted by molar-refractivity contribution is 5.87. The first-order chi connectivity index (χ1) is 22.9. The SMILES string of the molecule is CN(CCCCCCCCCNCCc1ccc(O)c2[nH]c(=O)ccc12)Cc1cnc(C(O)(C2=CC=CC=CC2)c2ccccc2)o1. The van der Waals surface area contributed by atoms with E-state index < -0.39 is 5.60 Å². The average Bonchev–Trinajstić information content (AvgIpc) is 3.37. The lowest BCUT2D eigenvalue weighted by Crippen LogP contribution is -2.30. The summed E-state index contributed by atoms with van der Waals surface area (Å²) in [5.74, 6) is 1.16. The summed E-state index contributed by atoms with van der Waals surface area (Å²) in [6, 6.07) is 16.5. The van der Waals surface area contributed by atoms with Crippen molar-refractivity contribution in [2.45, 2.75) is 69.9 Å². The minimum Gasteiger partial charge on any atom is -0.506 e. The fourth-order valence-corrected chi connectivity index (χ4v) is 6.24. The second-order valence-corrected chi connectivity index (χ2v) is 12.5. The Bertz CT molecular complexity index is 1720. The van der Waals surface area contributed by atoms with Crippen LogP contribution in [0.5, 0.6) is 5.75 Å². The summed E-state index contributed by atoms with van der Waals surface area (Å²) < 4.78 is 6.20. The first-order valence-electron chi connectivity index (χ1n) is 16.9. The van der Waals surface area contributed by atoms with Crippen LogP contribution in [0.2, 0.25) is 0 Å². The Morgan fingerprint density at radius 3 is 2.55 bits per heavy atom. The molecule has 0 fully saturated rings. The third-order valence-electron chi connectivity index (χ3n) is 8.87. The Labute approximate surface area is 277 Å². The molecule has 0 bridgehead atoms. The monoisotopic (exact) mass is 636 g/mol. The Hall–Kier alpha value is -4.24. The summed E-state index contributed by atoms with van der Waals surface area (Å²) in [6.45, 7) is 3.49. The molecule has 1 unspecified atom stereocenters. The Morgan fingerprint density at radius 2 is 1.72 bits per heavy atom. The number of aromatic amines is 1. The molecule has 5 rings (SSSR count). The van der Waals surface area contributed by atoms with Gasteiger partial charge in [-0.2, -0.15) is 0 Å². The summed E-state index contributed by atoms with van der Waals surface area (Å²) in [5, 5.41) is 26.5. The molecule has 1 atom stereocenters. The van der Waals surface area contributed by atoms with Gasteiger partial charge in [0.1, 0.15) is 11.5 Å². The van der Waals surface area contributed by atoms with Crippen LogP contribution in [0.4, 0.5) is 0 Å². The first kappa shape index (κ1) is 34.1. The summed E-state index contributed by atoms with van der Waals surface area (Å²) in [6.07, 6.45) is 21.6. The van der Waals surface area contributed by atoms with E-state index in [1.807, 2.05) is 66.8 Å². The number of aromatic nitrogens is 2. The molecule has 4 N–H and O–H groups in total. The number of benzene rings is 2. The predicted molar refractivity (Wildman–Crippen MR) is 188 cm³/mol. The number of hydrogen-bond donors (Lipinski definition) is 4. The Kier molecular flexibility index (Phi) is 12.4. The van der Waals surface area contributed by atoms with Crippen molar-refractivity contribution in [1.29, 1.82) is 0 Å². The second-order valence-electron chi connectivity index (χ2n) is 12.5. The topological polar surface area (TPSA) is 115 Å². The van der Waals surface area contributed by atoms with E-state index in [1.165, 1.54) is 38.2 Å². The van der Waals surface area contributed by atoms with Crippen molar-refractivity contribution < 1.29 is 14.6 Å². The van der Waals surface area contributed by atoms with Gasteiger partial charge in [0.2, 0.25) is 11.4 Å². The van der Waals surface area contributed by atoms with E-state index in [4.69, 9.17) is 4.42 Å². The van der Waals surface area contributed by atoms with Crippen molar-refractivity contribution in [3.63, 3.8) is 0 Å². The first-order valence-corrected chi connectivity index (χ1v) is 16.9. The van der Waals surface area contributed by atoms with E-state index in [0.29, 0.717) is 24.4 Å². The quantitative estimate of drug-likeness (QED) is 0.0879. The number of nitrogens with one attached hydrogen (secondary N) is 2. The highest BCUT2D eigenvalue weighted by atomic mass is 16.4. The van der Waals surface area contributed by atoms with Gasteiger partial charge in [-0.25, -0.2) is 4.98 Å². The average molecular weight is 637 g/mol. The lowest BCUT2D eigenvalue weighted by atomic mass is 9.84. The number of phenols is 1. The maximum absolute atomic E-state index is 12.0. The van der Waals surface area contributed by atoms with Gasteiger partial charge in [0, 0.05) is 11.5 Å². The number of unbranched alkanes of at least 4 members (excludes halogenated alkanes) is 6. The second kappa shape index (κ2) is 17.1. The number of hydrogen-bond acceptors (Lipinski definition) is 7.